The number of hydrogen-bond acceptors (Lipinski definition) is 3. The Morgan fingerprint density at radius 1 is 1.11 bits per heavy atom. The van der Waals surface area contributed by atoms with E-state index in [0.29, 0.717) is 5.41 Å². The summed E-state index contributed by atoms with van der Waals surface area (Å²) in [5.41, 5.74) is 1.55. The molecule has 0 bridgehead atoms. The molecule has 1 aromatic rings. The predicted molar refractivity (Wildman–Crippen MR) is 126 cm³/mol. The molecule has 5 nitrogen and oxygen atoms in total. The average molecular weight is 488 g/mol. The van der Waals surface area contributed by atoms with Crippen molar-refractivity contribution in [2.45, 2.75) is 45.4 Å². The molecule has 0 aromatic heterocycles. The van der Waals surface area contributed by atoms with Gasteiger partial charge in [-0.15, -0.1) is 24.0 Å². The highest BCUT2D eigenvalue weighted by Gasteiger charge is 2.33. The molecule has 0 amide bonds. The average Bonchev–Trinajstić information content (AvgIpc) is 3.14. The first-order chi connectivity index (χ1) is 12.8. The summed E-state index contributed by atoms with van der Waals surface area (Å²) in [6.07, 6.45) is 7.46. The van der Waals surface area contributed by atoms with Crippen LogP contribution in [-0.4, -0.2) is 45.9 Å². The van der Waals surface area contributed by atoms with Gasteiger partial charge in [-0.3, -0.25) is 4.99 Å². The quantitative estimate of drug-likeness (QED) is 0.189. The van der Waals surface area contributed by atoms with Gasteiger partial charge in [-0.2, -0.15) is 0 Å². The first-order valence-corrected chi connectivity index (χ1v) is 10.1. The third-order valence-corrected chi connectivity index (χ3v) is 5.25. The zero-order valence-electron chi connectivity index (χ0n) is 16.9. The van der Waals surface area contributed by atoms with Gasteiger partial charge in [-0.05, 0) is 50.2 Å². The summed E-state index contributed by atoms with van der Waals surface area (Å²) in [6, 6.07) is 10.3. The molecule has 3 N–H and O–H groups in total. The Balaban J connectivity index is 0.00000364. The highest BCUT2D eigenvalue weighted by molar-refractivity contribution is 14.0. The summed E-state index contributed by atoms with van der Waals surface area (Å²) in [5.74, 6) is 0.910. The van der Waals surface area contributed by atoms with Gasteiger partial charge in [0.15, 0.2) is 5.96 Å². The van der Waals surface area contributed by atoms with Crippen molar-refractivity contribution in [2.24, 2.45) is 10.4 Å². The molecule has 0 atom stereocenters. The van der Waals surface area contributed by atoms with E-state index in [2.05, 4.69) is 52.1 Å². The Labute approximate surface area is 182 Å². The van der Waals surface area contributed by atoms with E-state index in [1.54, 1.807) is 0 Å². The van der Waals surface area contributed by atoms with Crippen LogP contribution in [0.4, 0.5) is 5.69 Å². The largest absolute Gasteiger partial charge is 0.385 e. The fourth-order valence-electron chi connectivity index (χ4n) is 3.65. The van der Waals surface area contributed by atoms with Crippen molar-refractivity contribution >= 4 is 35.6 Å². The molecule has 0 unspecified atom stereocenters. The van der Waals surface area contributed by atoms with E-state index in [1.165, 1.54) is 31.4 Å². The topological polar surface area (TPSA) is 57.7 Å². The molecule has 6 heteroatoms. The molecule has 154 valence electrons. The standard InChI is InChI=1S/C21H36N4O.HI/c1-3-26-17-14-21(12-7-8-13-21)18-25-20(22-2)24-16-9-15-23-19-10-5-4-6-11-19;/h4-6,10-11,23H,3,7-9,12-18H2,1-2H3,(H2,22,24,25);1H. The molecule has 0 saturated heterocycles. The lowest BCUT2D eigenvalue weighted by atomic mass is 9.83. The van der Waals surface area contributed by atoms with Crippen LogP contribution in [0, 0.1) is 5.41 Å². The first kappa shape index (κ1) is 24.0. The zero-order chi connectivity index (χ0) is 18.5. The molecular formula is C21H37IN4O. The van der Waals surface area contributed by atoms with Gasteiger partial charge in [0.05, 0.1) is 0 Å². The van der Waals surface area contributed by atoms with Gasteiger partial charge >= 0.3 is 0 Å². The lowest BCUT2D eigenvalue weighted by molar-refractivity contribution is 0.105. The lowest BCUT2D eigenvalue weighted by Gasteiger charge is -2.30. The second kappa shape index (κ2) is 14.0. The second-order valence-electron chi connectivity index (χ2n) is 7.15. The van der Waals surface area contributed by atoms with E-state index in [4.69, 9.17) is 4.74 Å². The van der Waals surface area contributed by atoms with Crippen LogP contribution in [0.15, 0.2) is 35.3 Å². The maximum Gasteiger partial charge on any atom is 0.190 e. The number of benzene rings is 1. The minimum atomic E-state index is 0. The van der Waals surface area contributed by atoms with Crippen LogP contribution in [0.2, 0.25) is 0 Å². The van der Waals surface area contributed by atoms with Gasteiger partial charge in [0, 0.05) is 45.6 Å². The van der Waals surface area contributed by atoms with Gasteiger partial charge in [-0.25, -0.2) is 0 Å². The molecule has 0 aliphatic heterocycles. The van der Waals surface area contributed by atoms with E-state index in [0.717, 1.165) is 51.6 Å². The molecule has 27 heavy (non-hydrogen) atoms. The summed E-state index contributed by atoms with van der Waals surface area (Å²) >= 11 is 0. The monoisotopic (exact) mass is 488 g/mol. The fourth-order valence-corrected chi connectivity index (χ4v) is 3.65. The molecule has 1 aliphatic carbocycles. The molecule has 1 aliphatic rings. The number of rotatable bonds is 11. The van der Waals surface area contributed by atoms with E-state index in [1.807, 2.05) is 13.1 Å². The van der Waals surface area contributed by atoms with Crippen molar-refractivity contribution < 1.29 is 4.74 Å². The number of halogens is 1. The number of guanidine groups is 1. The molecule has 0 heterocycles. The number of nitrogens with one attached hydrogen (secondary N) is 3. The Morgan fingerprint density at radius 3 is 2.52 bits per heavy atom. The number of anilines is 1. The van der Waals surface area contributed by atoms with Crippen LogP contribution in [0.1, 0.15) is 45.4 Å². The molecular weight excluding hydrogens is 451 g/mol. The Morgan fingerprint density at radius 2 is 1.85 bits per heavy atom. The highest BCUT2D eigenvalue weighted by Crippen LogP contribution is 2.40. The van der Waals surface area contributed by atoms with Gasteiger partial charge in [0.1, 0.15) is 0 Å². The predicted octanol–water partition coefficient (Wildman–Crippen LogP) is 4.26. The summed E-state index contributed by atoms with van der Waals surface area (Å²) in [6.45, 7) is 6.59. The summed E-state index contributed by atoms with van der Waals surface area (Å²) in [7, 11) is 1.85. The van der Waals surface area contributed by atoms with Crippen LogP contribution in [-0.2, 0) is 4.74 Å². The van der Waals surface area contributed by atoms with E-state index >= 15 is 0 Å². The van der Waals surface area contributed by atoms with Crippen molar-refractivity contribution in [1.29, 1.82) is 0 Å². The Kier molecular flexibility index (Phi) is 12.5. The van der Waals surface area contributed by atoms with Crippen LogP contribution in [0.5, 0.6) is 0 Å². The zero-order valence-corrected chi connectivity index (χ0v) is 19.3. The molecule has 2 rings (SSSR count). The van der Waals surface area contributed by atoms with Crippen molar-refractivity contribution in [3.8, 4) is 0 Å². The van der Waals surface area contributed by atoms with Crippen molar-refractivity contribution in [3.05, 3.63) is 30.3 Å². The van der Waals surface area contributed by atoms with Crippen LogP contribution >= 0.6 is 24.0 Å². The fraction of sp³-hybridized carbons (Fsp3) is 0.667. The van der Waals surface area contributed by atoms with Crippen molar-refractivity contribution in [3.63, 3.8) is 0 Å². The SMILES string of the molecule is CCOCCC1(CNC(=NC)NCCCNc2ccccc2)CCCC1.I. The van der Waals surface area contributed by atoms with Crippen molar-refractivity contribution in [2.75, 3.05) is 45.2 Å². The van der Waals surface area contributed by atoms with Crippen LogP contribution in [0.25, 0.3) is 0 Å². The Hall–Kier alpha value is -1.02. The molecule has 1 fully saturated rings. The molecule has 0 radical (unpaired) electrons. The lowest BCUT2D eigenvalue weighted by Crippen LogP contribution is -2.43. The summed E-state index contributed by atoms with van der Waals surface area (Å²) < 4.78 is 5.60. The number of hydrogen-bond donors (Lipinski definition) is 3. The molecule has 1 saturated carbocycles. The molecule has 1 aromatic carbocycles. The summed E-state index contributed by atoms with van der Waals surface area (Å²) in [4.78, 5) is 4.38. The van der Waals surface area contributed by atoms with E-state index in [-0.39, 0.29) is 24.0 Å². The maximum atomic E-state index is 5.60. The number of nitrogens with zero attached hydrogens (tertiary/aromatic N) is 1. The minimum Gasteiger partial charge on any atom is -0.385 e. The number of ether oxygens (including phenoxy) is 1. The van der Waals surface area contributed by atoms with Gasteiger partial charge in [-0.1, -0.05) is 31.0 Å². The first-order valence-electron chi connectivity index (χ1n) is 10.1. The van der Waals surface area contributed by atoms with Crippen LogP contribution < -0.4 is 16.0 Å². The smallest absolute Gasteiger partial charge is 0.190 e. The Bertz CT molecular complexity index is 518. The summed E-state index contributed by atoms with van der Waals surface area (Å²) in [5, 5.41) is 10.4. The second-order valence-corrected chi connectivity index (χ2v) is 7.15. The van der Waals surface area contributed by atoms with Gasteiger partial charge < -0.3 is 20.7 Å². The normalized spacial score (nSPS) is 15.9. The third-order valence-electron chi connectivity index (χ3n) is 5.25. The third kappa shape index (κ3) is 9.14. The van der Waals surface area contributed by atoms with Gasteiger partial charge in [0.25, 0.3) is 0 Å². The number of para-hydroxylation sites is 1. The van der Waals surface area contributed by atoms with Crippen LogP contribution in [0.3, 0.4) is 0 Å². The molecule has 0 spiro atoms. The highest BCUT2D eigenvalue weighted by atomic mass is 127. The van der Waals surface area contributed by atoms with Crippen molar-refractivity contribution in [1.82, 2.24) is 10.6 Å². The van der Waals surface area contributed by atoms with Gasteiger partial charge in [0.2, 0.25) is 0 Å². The maximum absolute atomic E-state index is 5.60. The number of aliphatic imine (C=N–C) groups is 1. The minimum absolute atomic E-state index is 0. The van der Waals surface area contributed by atoms with E-state index < -0.39 is 0 Å². The van der Waals surface area contributed by atoms with E-state index in [9.17, 15) is 0 Å².